The number of pyridine rings is 4. The van der Waals surface area contributed by atoms with Crippen LogP contribution in [0.15, 0.2) is 97.5 Å². The zero-order valence-corrected chi connectivity index (χ0v) is 79.0. The van der Waals surface area contributed by atoms with Crippen LogP contribution in [0.25, 0.3) is 0 Å². The molecule has 8 aromatic rings. The number of alkyl halides is 8. The number of piperidine rings is 4. The number of ether oxygens (including phenoxy) is 4. The van der Waals surface area contributed by atoms with Gasteiger partial charge in [0.2, 0.25) is 11.3 Å². The van der Waals surface area contributed by atoms with E-state index in [1.54, 1.807) is 83.1 Å². The summed E-state index contributed by atoms with van der Waals surface area (Å²) in [5.41, 5.74) is -1.61. The van der Waals surface area contributed by atoms with Crippen LogP contribution in [0.3, 0.4) is 0 Å². The molecule has 8 aromatic heterocycles. The number of halogens is 13. The van der Waals surface area contributed by atoms with E-state index < -0.39 is 183 Å². The molecule has 744 valence electrons. The third kappa shape index (κ3) is 21.6. The summed E-state index contributed by atoms with van der Waals surface area (Å²) in [7, 11) is 0. The number of hydrogen-bond acceptors (Lipinski definition) is 32. The van der Waals surface area contributed by atoms with Gasteiger partial charge in [0.25, 0.3) is 69.6 Å². The minimum Gasteiger partial charge on any atom is -0.444 e. The van der Waals surface area contributed by atoms with E-state index in [0.717, 1.165) is 31.3 Å². The molecule has 4 atom stereocenters. The maximum absolute atomic E-state index is 15.7. The molecule has 0 radical (unpaired) electrons. The van der Waals surface area contributed by atoms with Crippen LogP contribution < -0.4 is 97.9 Å². The highest BCUT2D eigenvalue weighted by atomic mass is 79.9. The van der Waals surface area contributed by atoms with Gasteiger partial charge in [-0.2, -0.15) is 0 Å². The number of nitrogen functional groups attached to an aromatic ring is 3. The molecule has 4 fully saturated rings. The second-order valence-electron chi connectivity index (χ2n) is 35.6. The summed E-state index contributed by atoms with van der Waals surface area (Å²) >= 11 is 27.6. The van der Waals surface area contributed by atoms with Gasteiger partial charge < -0.3 is 93.8 Å². The number of carbonyl (C=O) groups excluding carboxylic acids is 8. The Labute approximate surface area is 805 Å². The molecule has 57 heteroatoms. The molecule has 44 nitrogen and oxygen atoms in total. The topological polar surface area (TPSA) is 581 Å². The minimum absolute atomic E-state index is 0. The van der Waals surface area contributed by atoms with Gasteiger partial charge in [-0.15, -0.1) is 0 Å². The molecule has 4 spiro atoms. The fourth-order valence-electron chi connectivity index (χ4n) is 15.2. The van der Waals surface area contributed by atoms with Crippen molar-refractivity contribution in [2.45, 2.75) is 185 Å². The molecule has 17 N–H and O–H groups in total. The largest absolute Gasteiger partial charge is 0.444 e. The maximum Gasteiger partial charge on any atom is 0.413 e. The lowest BCUT2D eigenvalue weighted by molar-refractivity contribution is -0.161. The Hall–Kier alpha value is -13.1. The zero-order valence-electron chi connectivity index (χ0n) is 74.4. The number of carbonyl (C=O) groups is 8. The monoisotopic (exact) mass is 2080 g/mol. The molecule has 0 bridgehead atoms. The Kier molecular flexibility index (Phi) is 29.5. The standard InChI is InChI=1S/C25H30ClF2N7O6.C16H17BrClF2N3O4.2C15H14ClF2N7O2.C9H14N4O2.CH4/c1-22(2,3)40-20(38)32-16-10-15(29-12-30-16)31-14-9-13(26)17-18(36)33-25(35(17)19(14)37)11-34(8-7-24(25,27)28)21(39)41-23(4,5)6;1-14(2,3)27-13(26)22-5-4-15(19,20)16(7-22)21-11(24)10-9(18)6-8(17)12(25)23(10)16;2*16-7-3-8(23-10-4-9(19)21-6-22-10)13(27)25-11(7)12(26)24-15(25)5-20-2-1-14(15,17)18;1-9(2,3)15-8(14)13-7-4-6(10)11-5-12-7;/h9-10,12H,7-8,11H2,1-6H3,(H,33,36)(H2,29,30,31,32,38);6H,4-5,7H2,1-3H3,(H,21,24);2*3-4,6,20H,1-2,5H2,(H,24,26)(H3,19,21,22,23);4-5H,1-3H3,(H3,10,11,12,13,14);1H4. The lowest BCUT2D eigenvalue weighted by Gasteiger charge is -2.46. The van der Waals surface area contributed by atoms with Crippen LogP contribution in [0.2, 0.25) is 20.1 Å². The average Bonchev–Trinajstić information content (AvgIpc) is 1.55. The summed E-state index contributed by atoms with van der Waals surface area (Å²) in [6, 6.07) is 10.1. The SMILES string of the molecule is C.CC(C)(C)OC(=O)N1CCC(F)(F)C2(C1)NC(=O)c1c(Cl)cc(Br)c(=O)n12.CC(C)(C)OC(=O)Nc1cc(N)ncn1.CC(C)(C)OC(=O)Nc1cc(Nc2cc(Cl)c3n(c2=O)C2(CN(C(=O)OC(C)(C)C)CCC2(F)F)NC3=O)ncn1.Nc1cc(Nc2cc(Cl)c3n(c2=O)C2(CNCCC2(F)F)NC3=O)ncn1.Nc1cc(Nc2cc(Cl)c3n(c2=O)C2(CNCCC2(F)F)NC3=O)ncn1. The summed E-state index contributed by atoms with van der Waals surface area (Å²) in [5.74, 6) is -16.2. The predicted molar refractivity (Wildman–Crippen MR) is 490 cm³/mol. The molecule has 4 saturated heterocycles. The number of amides is 8. The highest BCUT2D eigenvalue weighted by molar-refractivity contribution is 9.10. The van der Waals surface area contributed by atoms with E-state index in [9.17, 15) is 75.1 Å². The van der Waals surface area contributed by atoms with Crippen LogP contribution in [-0.2, 0) is 41.6 Å². The first-order valence-electron chi connectivity index (χ1n) is 41.0. The van der Waals surface area contributed by atoms with Crippen molar-refractivity contribution in [3.05, 3.63) is 163 Å². The van der Waals surface area contributed by atoms with Gasteiger partial charge in [-0.3, -0.25) is 67.3 Å². The van der Waals surface area contributed by atoms with Crippen LogP contribution in [-0.4, -0.2) is 214 Å². The molecule has 0 aliphatic carbocycles. The van der Waals surface area contributed by atoms with E-state index in [2.05, 4.69) is 114 Å². The first kappa shape index (κ1) is 105. The van der Waals surface area contributed by atoms with Crippen LogP contribution in [0.5, 0.6) is 0 Å². The molecule has 16 rings (SSSR count). The van der Waals surface area contributed by atoms with Crippen molar-refractivity contribution in [1.82, 2.24) is 99.8 Å². The van der Waals surface area contributed by atoms with Crippen molar-refractivity contribution in [2.75, 3.05) is 96.1 Å². The normalized spacial score (nSPS) is 20.8. The third-order valence-corrected chi connectivity index (χ3v) is 22.7. The van der Waals surface area contributed by atoms with Gasteiger partial charge in [0, 0.05) is 89.2 Å². The van der Waals surface area contributed by atoms with Crippen LogP contribution in [0.1, 0.15) is 158 Å². The van der Waals surface area contributed by atoms with Gasteiger partial charge in [0.1, 0.15) is 134 Å². The first-order chi connectivity index (χ1) is 63.5. The number of likely N-dealkylation sites (tertiary alicyclic amines) is 2. The average molecular weight is 2090 g/mol. The van der Waals surface area contributed by atoms with Crippen LogP contribution in [0.4, 0.5) is 118 Å². The van der Waals surface area contributed by atoms with E-state index >= 15 is 17.6 Å². The second-order valence-corrected chi connectivity index (χ2v) is 38.1. The number of nitrogens with zero attached hydrogens (tertiary/aromatic N) is 14. The Bertz CT molecular complexity index is 6300. The Balaban J connectivity index is 0.000000170. The summed E-state index contributed by atoms with van der Waals surface area (Å²) in [6.45, 7) is 17.6. The smallest absolute Gasteiger partial charge is 0.413 e. The van der Waals surface area contributed by atoms with E-state index in [0.29, 0.717) is 15.0 Å². The quantitative estimate of drug-likeness (QED) is 0.0496. The van der Waals surface area contributed by atoms with Gasteiger partial charge in [-0.05, 0) is 123 Å². The van der Waals surface area contributed by atoms with Gasteiger partial charge >= 0.3 is 24.4 Å². The Morgan fingerprint density at radius 1 is 0.384 bits per heavy atom. The van der Waals surface area contributed by atoms with E-state index in [1.807, 2.05) is 0 Å². The molecule has 0 aromatic carbocycles. The molecule has 8 aliphatic heterocycles. The third-order valence-electron chi connectivity index (χ3n) is 21.0. The van der Waals surface area contributed by atoms with Crippen molar-refractivity contribution in [3.63, 3.8) is 0 Å². The first-order valence-corrected chi connectivity index (χ1v) is 43.3. The molecule has 8 aliphatic rings. The highest BCUT2D eigenvalue weighted by Gasteiger charge is 2.68. The predicted octanol–water partition coefficient (Wildman–Crippen LogP) is 10.3. The van der Waals surface area contributed by atoms with Crippen molar-refractivity contribution in [1.29, 1.82) is 0 Å². The Morgan fingerprint density at radius 3 is 0.971 bits per heavy atom. The van der Waals surface area contributed by atoms with Gasteiger partial charge in [-0.1, -0.05) is 53.8 Å². The van der Waals surface area contributed by atoms with Gasteiger partial charge in [0.15, 0.2) is 11.3 Å². The number of hydrogen-bond donors (Lipinski definition) is 14. The van der Waals surface area contributed by atoms with E-state index in [-0.39, 0.29) is 146 Å². The summed E-state index contributed by atoms with van der Waals surface area (Å²) in [6.07, 6.45) is -1.06. The molecular formula is C81H93BrCl4F8N28O16. The number of fused-ring (bicyclic) bond motifs is 8. The summed E-state index contributed by atoms with van der Waals surface area (Å²) in [5, 5.41) is 26.8. The molecule has 138 heavy (non-hydrogen) atoms. The summed E-state index contributed by atoms with van der Waals surface area (Å²) < 4.78 is 144. The van der Waals surface area contributed by atoms with E-state index in [4.69, 9.17) is 82.6 Å². The molecule has 16 heterocycles. The van der Waals surface area contributed by atoms with Gasteiger partial charge in [0.05, 0.1) is 37.7 Å². The number of anilines is 11. The van der Waals surface area contributed by atoms with Crippen molar-refractivity contribution >= 4 is 174 Å². The molecule has 0 saturated carbocycles. The number of nitrogens with one attached hydrogen (secondary N) is 11. The molecule has 8 amide bonds. The van der Waals surface area contributed by atoms with Gasteiger partial charge in [-0.25, -0.2) is 94.2 Å². The molecular weight excluding hydrogens is 1990 g/mol. The maximum atomic E-state index is 15.7. The zero-order chi connectivity index (χ0) is 101. The van der Waals surface area contributed by atoms with Crippen molar-refractivity contribution < 1.29 is 92.4 Å². The van der Waals surface area contributed by atoms with Crippen LogP contribution in [0, 0.1) is 0 Å². The number of rotatable bonds is 8. The minimum atomic E-state index is -3.66. The second kappa shape index (κ2) is 38.7. The number of aromatic nitrogens is 12. The van der Waals surface area contributed by atoms with Crippen LogP contribution >= 0.6 is 62.3 Å². The Morgan fingerprint density at radius 2 is 0.652 bits per heavy atom. The molecule has 4 unspecified atom stereocenters. The number of nitrogens with two attached hydrogens (primary N) is 3. The fraction of sp³-hybridized carbons (Fsp3) is 0.457. The van der Waals surface area contributed by atoms with Crippen molar-refractivity contribution in [2.24, 2.45) is 0 Å². The highest BCUT2D eigenvalue weighted by Crippen LogP contribution is 2.49. The summed E-state index contributed by atoms with van der Waals surface area (Å²) in [4.78, 5) is 184. The lowest BCUT2D eigenvalue weighted by Crippen LogP contribution is -2.69. The lowest BCUT2D eigenvalue weighted by atomic mass is 9.93. The van der Waals surface area contributed by atoms with Crippen molar-refractivity contribution in [3.8, 4) is 0 Å². The van der Waals surface area contributed by atoms with E-state index in [1.165, 1.54) is 61.4 Å². The fourth-order valence-corrected chi connectivity index (χ4v) is 16.9.